The largest absolute Gasteiger partial charge is 0.411 e. The highest BCUT2D eigenvalue weighted by molar-refractivity contribution is 7.99. The van der Waals surface area contributed by atoms with E-state index >= 15 is 0 Å². The van der Waals surface area contributed by atoms with Crippen LogP contribution in [0.1, 0.15) is 26.7 Å². The molecule has 152 valence electrons. The Bertz CT molecular complexity index is 912. The molecular weight excluding hydrogens is 400 g/mol. The minimum absolute atomic E-state index is 0.00799. The lowest BCUT2D eigenvalue weighted by molar-refractivity contribution is -0.130. The highest BCUT2D eigenvalue weighted by Gasteiger charge is 2.21. The van der Waals surface area contributed by atoms with Crippen molar-refractivity contribution < 1.29 is 17.6 Å². The van der Waals surface area contributed by atoms with Crippen LogP contribution in [0.15, 0.2) is 33.9 Å². The lowest BCUT2D eigenvalue weighted by Gasteiger charge is -2.30. The second-order valence-electron chi connectivity index (χ2n) is 6.83. The van der Waals surface area contributed by atoms with Crippen molar-refractivity contribution in [3.63, 3.8) is 0 Å². The molecule has 1 atom stereocenters. The molecule has 1 aromatic heterocycles. The Balaban J connectivity index is 1.57. The minimum atomic E-state index is -3.31. The van der Waals surface area contributed by atoms with Gasteiger partial charge < -0.3 is 9.32 Å². The zero-order valence-electron chi connectivity index (χ0n) is 15.9. The molecule has 0 aliphatic carbocycles. The molecule has 1 amide bonds. The monoisotopic (exact) mass is 424 g/mol. The number of likely N-dealkylation sites (tertiary alicyclic amines) is 1. The van der Waals surface area contributed by atoms with Crippen molar-refractivity contribution in [2.75, 3.05) is 29.3 Å². The molecule has 0 radical (unpaired) electrons. The number of carbonyl (C=O) groups is 1. The van der Waals surface area contributed by atoms with Gasteiger partial charge in [0.1, 0.15) is 0 Å². The quantitative estimate of drug-likeness (QED) is 0.681. The molecule has 3 rings (SSSR count). The van der Waals surface area contributed by atoms with Gasteiger partial charge in [0.15, 0.2) is 0 Å². The third kappa shape index (κ3) is 5.48. The van der Waals surface area contributed by atoms with Crippen molar-refractivity contribution in [1.29, 1.82) is 0 Å². The highest BCUT2D eigenvalue weighted by Crippen LogP contribution is 2.25. The number of amides is 1. The van der Waals surface area contributed by atoms with Gasteiger partial charge in [0, 0.05) is 24.3 Å². The van der Waals surface area contributed by atoms with Gasteiger partial charge in [0.25, 0.3) is 5.22 Å². The van der Waals surface area contributed by atoms with Crippen molar-refractivity contribution in [2.24, 2.45) is 5.92 Å². The number of nitrogens with one attached hydrogen (secondary N) is 1. The number of benzene rings is 1. The Labute approximate surface area is 169 Å². The summed E-state index contributed by atoms with van der Waals surface area (Å²) in [4.78, 5) is 14.2. The number of hydrogen-bond donors (Lipinski definition) is 1. The van der Waals surface area contributed by atoms with Crippen molar-refractivity contribution in [3.05, 3.63) is 24.3 Å². The third-order valence-electron chi connectivity index (χ3n) is 4.52. The smallest absolute Gasteiger partial charge is 0.277 e. The summed E-state index contributed by atoms with van der Waals surface area (Å²) in [5, 5.41) is 8.33. The van der Waals surface area contributed by atoms with Crippen LogP contribution in [0, 0.1) is 5.92 Å². The number of thioether (sulfide) groups is 1. The lowest BCUT2D eigenvalue weighted by Crippen LogP contribution is -2.40. The van der Waals surface area contributed by atoms with E-state index in [0.29, 0.717) is 28.3 Å². The number of rotatable bonds is 7. The summed E-state index contributed by atoms with van der Waals surface area (Å²) in [7, 11) is -3.31. The Morgan fingerprint density at radius 1 is 1.32 bits per heavy atom. The normalized spacial score (nSPS) is 17.5. The first-order valence-electron chi connectivity index (χ1n) is 9.21. The van der Waals surface area contributed by atoms with Crippen LogP contribution in [0.2, 0.25) is 0 Å². The molecule has 8 nitrogen and oxygen atoms in total. The number of sulfonamides is 1. The van der Waals surface area contributed by atoms with Crippen molar-refractivity contribution in [1.82, 2.24) is 15.1 Å². The van der Waals surface area contributed by atoms with Gasteiger partial charge in [-0.15, -0.1) is 10.2 Å². The molecule has 1 N–H and O–H groups in total. The fourth-order valence-electron chi connectivity index (χ4n) is 2.95. The first kappa shape index (κ1) is 20.7. The van der Waals surface area contributed by atoms with Crippen LogP contribution in [-0.4, -0.2) is 54.0 Å². The van der Waals surface area contributed by atoms with Gasteiger partial charge in [-0.1, -0.05) is 18.7 Å². The van der Waals surface area contributed by atoms with Crippen LogP contribution >= 0.6 is 11.8 Å². The predicted octanol–water partition coefficient (Wildman–Crippen LogP) is 2.85. The first-order chi connectivity index (χ1) is 13.4. The number of carbonyl (C=O) groups excluding carboxylic acids is 1. The van der Waals surface area contributed by atoms with E-state index in [4.69, 9.17) is 4.42 Å². The molecule has 10 heteroatoms. The number of aromatic nitrogens is 2. The van der Waals surface area contributed by atoms with Gasteiger partial charge in [-0.3, -0.25) is 9.52 Å². The molecule has 1 saturated heterocycles. The van der Waals surface area contributed by atoms with E-state index in [2.05, 4.69) is 21.8 Å². The summed E-state index contributed by atoms with van der Waals surface area (Å²) in [6, 6.07) is 6.69. The van der Waals surface area contributed by atoms with Gasteiger partial charge in [-0.2, -0.15) is 0 Å². The number of hydrogen-bond acceptors (Lipinski definition) is 7. The molecule has 1 fully saturated rings. The van der Waals surface area contributed by atoms with E-state index in [1.807, 2.05) is 4.90 Å². The van der Waals surface area contributed by atoms with E-state index in [1.165, 1.54) is 18.2 Å². The summed E-state index contributed by atoms with van der Waals surface area (Å²) in [6.45, 7) is 5.36. The fraction of sp³-hybridized carbons (Fsp3) is 0.500. The fourth-order valence-corrected chi connectivity index (χ4v) is 4.25. The second kappa shape index (κ2) is 8.95. The Kier molecular flexibility index (Phi) is 6.61. The van der Waals surface area contributed by atoms with Crippen LogP contribution in [-0.2, 0) is 14.8 Å². The molecule has 0 spiro atoms. The average Bonchev–Trinajstić information content (AvgIpc) is 3.15. The Hall–Kier alpha value is -2.07. The standard InChI is InChI=1S/C18H24N4O4S2/c1-3-28(24,25)21-15-8-6-14(7-9-15)17-19-20-18(26-17)27-12-16(23)22-10-4-5-13(2)11-22/h6-9,13,21H,3-5,10-12H2,1-2H3. The van der Waals surface area contributed by atoms with Gasteiger partial charge >= 0.3 is 0 Å². The maximum absolute atomic E-state index is 12.3. The minimum Gasteiger partial charge on any atom is -0.411 e. The van der Waals surface area contributed by atoms with Crippen molar-refractivity contribution >= 4 is 33.4 Å². The highest BCUT2D eigenvalue weighted by atomic mass is 32.2. The van der Waals surface area contributed by atoms with Crippen molar-refractivity contribution in [3.8, 4) is 11.5 Å². The van der Waals surface area contributed by atoms with E-state index in [-0.39, 0.29) is 17.4 Å². The molecule has 2 aromatic rings. The SMILES string of the molecule is CCS(=O)(=O)Nc1ccc(-c2nnc(SCC(=O)N3CCCC(C)C3)o2)cc1. The number of nitrogens with zero attached hydrogens (tertiary/aromatic N) is 3. The van der Waals surface area contributed by atoms with E-state index in [9.17, 15) is 13.2 Å². The summed E-state index contributed by atoms with van der Waals surface area (Å²) >= 11 is 1.23. The zero-order valence-corrected chi connectivity index (χ0v) is 17.6. The third-order valence-corrected chi connectivity index (χ3v) is 6.63. The lowest BCUT2D eigenvalue weighted by atomic mass is 10.0. The summed E-state index contributed by atoms with van der Waals surface area (Å²) in [6.07, 6.45) is 2.22. The molecule has 28 heavy (non-hydrogen) atoms. The van der Waals surface area contributed by atoms with Gasteiger partial charge in [0.05, 0.1) is 11.5 Å². The van der Waals surface area contributed by atoms with Crippen LogP contribution < -0.4 is 4.72 Å². The molecule has 1 aromatic carbocycles. The van der Waals surface area contributed by atoms with Crippen LogP contribution in [0.5, 0.6) is 0 Å². The molecule has 0 saturated carbocycles. The Morgan fingerprint density at radius 3 is 2.75 bits per heavy atom. The van der Waals surface area contributed by atoms with E-state index in [1.54, 1.807) is 31.2 Å². The molecule has 1 unspecified atom stereocenters. The maximum Gasteiger partial charge on any atom is 0.277 e. The van der Waals surface area contributed by atoms with E-state index in [0.717, 1.165) is 19.5 Å². The summed E-state index contributed by atoms with van der Waals surface area (Å²) in [5.41, 5.74) is 1.15. The molecular formula is C18H24N4O4S2. The van der Waals surface area contributed by atoms with Crippen molar-refractivity contribution in [2.45, 2.75) is 31.9 Å². The van der Waals surface area contributed by atoms with Gasteiger partial charge in [0.2, 0.25) is 21.8 Å². The number of anilines is 1. The summed E-state index contributed by atoms with van der Waals surface area (Å²) in [5.74, 6) is 1.23. The van der Waals surface area contributed by atoms with Crippen LogP contribution in [0.3, 0.4) is 0 Å². The van der Waals surface area contributed by atoms with Gasteiger partial charge in [-0.25, -0.2) is 8.42 Å². The zero-order chi connectivity index (χ0) is 20.1. The van der Waals surface area contributed by atoms with Crippen LogP contribution in [0.25, 0.3) is 11.5 Å². The van der Waals surface area contributed by atoms with E-state index < -0.39 is 10.0 Å². The Morgan fingerprint density at radius 2 is 2.07 bits per heavy atom. The molecule has 1 aliphatic heterocycles. The number of piperidine rings is 1. The predicted molar refractivity (Wildman–Crippen MR) is 109 cm³/mol. The maximum atomic E-state index is 12.3. The van der Waals surface area contributed by atoms with Gasteiger partial charge in [-0.05, 0) is 49.9 Å². The molecule has 2 heterocycles. The first-order valence-corrected chi connectivity index (χ1v) is 11.8. The topological polar surface area (TPSA) is 105 Å². The summed E-state index contributed by atoms with van der Waals surface area (Å²) < 4.78 is 31.3. The average molecular weight is 425 g/mol. The molecule has 1 aliphatic rings. The van der Waals surface area contributed by atoms with Crippen LogP contribution in [0.4, 0.5) is 5.69 Å². The molecule has 0 bridgehead atoms. The second-order valence-corrected chi connectivity index (χ2v) is 9.77.